The fourth-order valence-corrected chi connectivity index (χ4v) is 4.92. The maximum atomic E-state index is 12.9. The molecular formula is C23H23N5O2S. The van der Waals surface area contributed by atoms with Crippen molar-refractivity contribution in [1.82, 2.24) is 19.5 Å². The van der Waals surface area contributed by atoms with Crippen molar-refractivity contribution >= 4 is 28.0 Å². The van der Waals surface area contributed by atoms with E-state index in [9.17, 15) is 4.79 Å². The molecular weight excluding hydrogens is 410 g/mol. The molecule has 0 saturated carbocycles. The predicted molar refractivity (Wildman–Crippen MR) is 122 cm³/mol. The molecule has 0 bridgehead atoms. The summed E-state index contributed by atoms with van der Waals surface area (Å²) in [5.74, 6) is 1.51. The van der Waals surface area contributed by atoms with Crippen LogP contribution in [-0.2, 0) is 13.0 Å². The second kappa shape index (κ2) is 7.70. The number of fused-ring (bicyclic) bond motifs is 3. The number of nitrogens with zero attached hydrogens (tertiary/aromatic N) is 4. The fourth-order valence-electron chi connectivity index (χ4n) is 3.81. The minimum atomic E-state index is -0.0720. The molecule has 2 aromatic carbocycles. The van der Waals surface area contributed by atoms with Crippen molar-refractivity contribution < 1.29 is 9.53 Å². The first kappa shape index (κ1) is 19.6. The number of urea groups is 1. The van der Waals surface area contributed by atoms with Gasteiger partial charge in [-0.2, -0.15) is 4.98 Å². The summed E-state index contributed by atoms with van der Waals surface area (Å²) in [5, 5.41) is 7.79. The van der Waals surface area contributed by atoms with Crippen LogP contribution in [0.1, 0.15) is 21.7 Å². The van der Waals surface area contributed by atoms with Gasteiger partial charge in [0.15, 0.2) is 5.82 Å². The Morgan fingerprint density at radius 3 is 2.74 bits per heavy atom. The minimum Gasteiger partial charge on any atom is -0.497 e. The summed E-state index contributed by atoms with van der Waals surface area (Å²) < 4.78 is 7.15. The molecule has 8 heteroatoms. The Balaban J connectivity index is 1.35. The van der Waals surface area contributed by atoms with E-state index in [1.165, 1.54) is 0 Å². The molecule has 5 rings (SSSR count). The summed E-state index contributed by atoms with van der Waals surface area (Å²) in [7, 11) is 1.65. The van der Waals surface area contributed by atoms with E-state index in [1.807, 2.05) is 65.7 Å². The third-order valence-corrected chi connectivity index (χ3v) is 6.86. The highest BCUT2D eigenvalue weighted by molar-refractivity contribution is 7.17. The minimum absolute atomic E-state index is 0.0720. The summed E-state index contributed by atoms with van der Waals surface area (Å²) in [6, 6.07) is 13.6. The highest BCUT2D eigenvalue weighted by Gasteiger charge is 2.26. The van der Waals surface area contributed by atoms with E-state index in [-0.39, 0.29) is 6.03 Å². The smallest absolute Gasteiger partial charge is 0.322 e. The molecule has 2 aromatic heterocycles. The van der Waals surface area contributed by atoms with E-state index in [0.717, 1.165) is 50.1 Å². The SMILES string of the molecule is COc1ccc(-c2nc3sc4c(n3n2)CCN(C(=O)Nc2cccc(C)c2C)C4)cc1. The van der Waals surface area contributed by atoms with Crippen LogP contribution in [0.25, 0.3) is 16.3 Å². The lowest BCUT2D eigenvalue weighted by Gasteiger charge is -2.27. The number of amides is 2. The monoisotopic (exact) mass is 433 g/mol. The first-order chi connectivity index (χ1) is 15.0. The van der Waals surface area contributed by atoms with Gasteiger partial charge in [0.05, 0.1) is 19.3 Å². The Morgan fingerprint density at radius 1 is 1.16 bits per heavy atom. The van der Waals surface area contributed by atoms with E-state index in [0.29, 0.717) is 18.9 Å². The fraction of sp³-hybridized carbons (Fsp3) is 0.261. The number of carbonyl (C=O) groups excluding carboxylic acids is 1. The Kier molecular flexibility index (Phi) is 4.86. The number of aromatic nitrogens is 3. The van der Waals surface area contributed by atoms with Gasteiger partial charge in [-0.15, -0.1) is 5.10 Å². The molecule has 0 saturated heterocycles. The summed E-state index contributed by atoms with van der Waals surface area (Å²) in [6.07, 6.45) is 0.751. The molecule has 0 radical (unpaired) electrons. The number of nitrogens with one attached hydrogen (secondary N) is 1. The summed E-state index contributed by atoms with van der Waals surface area (Å²) in [6.45, 7) is 5.29. The van der Waals surface area contributed by atoms with Gasteiger partial charge in [0.2, 0.25) is 4.96 Å². The Bertz CT molecular complexity index is 1280. The van der Waals surface area contributed by atoms with Crippen molar-refractivity contribution in [2.75, 3.05) is 19.0 Å². The summed E-state index contributed by atoms with van der Waals surface area (Å²) in [4.78, 5) is 21.4. The number of rotatable bonds is 3. The van der Waals surface area contributed by atoms with Crippen molar-refractivity contribution in [2.45, 2.75) is 26.8 Å². The van der Waals surface area contributed by atoms with Gasteiger partial charge in [0, 0.05) is 29.1 Å². The summed E-state index contributed by atoms with van der Waals surface area (Å²) >= 11 is 1.60. The van der Waals surface area contributed by atoms with Crippen LogP contribution in [0.15, 0.2) is 42.5 Å². The Morgan fingerprint density at radius 2 is 1.97 bits per heavy atom. The molecule has 0 fully saturated rings. The topological polar surface area (TPSA) is 71.8 Å². The molecule has 1 aliphatic heterocycles. The molecule has 2 amide bonds. The molecule has 3 heterocycles. The van der Waals surface area contributed by atoms with Gasteiger partial charge >= 0.3 is 6.03 Å². The van der Waals surface area contributed by atoms with Crippen molar-refractivity contribution in [3.8, 4) is 17.1 Å². The van der Waals surface area contributed by atoms with Crippen LogP contribution in [0, 0.1) is 13.8 Å². The van der Waals surface area contributed by atoms with Crippen molar-refractivity contribution in [2.24, 2.45) is 0 Å². The van der Waals surface area contributed by atoms with Gasteiger partial charge in [-0.1, -0.05) is 23.5 Å². The lowest BCUT2D eigenvalue weighted by molar-refractivity contribution is 0.206. The quantitative estimate of drug-likeness (QED) is 0.510. The number of thiazole rings is 1. The first-order valence-electron chi connectivity index (χ1n) is 10.2. The number of methoxy groups -OCH3 is 1. The van der Waals surface area contributed by atoms with Crippen molar-refractivity contribution in [3.05, 3.63) is 64.2 Å². The Hall–Kier alpha value is -3.39. The number of hydrogen-bond donors (Lipinski definition) is 1. The Labute approximate surface area is 184 Å². The lowest BCUT2D eigenvalue weighted by Crippen LogP contribution is -2.38. The van der Waals surface area contributed by atoms with Crippen molar-refractivity contribution in [1.29, 1.82) is 0 Å². The summed E-state index contributed by atoms with van der Waals surface area (Å²) in [5.41, 5.74) is 5.22. The lowest BCUT2D eigenvalue weighted by atomic mass is 10.1. The second-order valence-electron chi connectivity index (χ2n) is 7.68. The predicted octanol–water partition coefficient (Wildman–Crippen LogP) is 4.67. The number of hydrogen-bond acceptors (Lipinski definition) is 5. The third-order valence-electron chi connectivity index (χ3n) is 5.80. The van der Waals surface area contributed by atoms with E-state index in [4.69, 9.17) is 14.8 Å². The van der Waals surface area contributed by atoms with Crippen LogP contribution in [-0.4, -0.2) is 39.2 Å². The molecule has 31 heavy (non-hydrogen) atoms. The molecule has 1 aliphatic rings. The highest BCUT2D eigenvalue weighted by atomic mass is 32.1. The molecule has 1 N–H and O–H groups in total. The van der Waals surface area contributed by atoms with Crippen LogP contribution in [0.3, 0.4) is 0 Å². The van der Waals surface area contributed by atoms with Crippen LogP contribution in [0.4, 0.5) is 10.5 Å². The number of aryl methyl sites for hydroxylation is 1. The first-order valence-corrected chi connectivity index (χ1v) is 11.0. The van der Waals surface area contributed by atoms with Gasteiger partial charge in [0.25, 0.3) is 0 Å². The zero-order valence-corrected chi connectivity index (χ0v) is 18.5. The number of anilines is 1. The van der Waals surface area contributed by atoms with Gasteiger partial charge in [-0.3, -0.25) is 0 Å². The standard InChI is InChI=1S/C23H23N5O2S/c1-14-5-4-6-18(15(14)2)24-22(29)27-12-11-19-20(13-27)31-23-25-21(26-28(19)23)16-7-9-17(30-3)10-8-16/h4-10H,11-13H2,1-3H3,(H,24,29). The van der Waals surface area contributed by atoms with E-state index in [2.05, 4.69) is 5.32 Å². The van der Waals surface area contributed by atoms with E-state index < -0.39 is 0 Å². The highest BCUT2D eigenvalue weighted by Crippen LogP contribution is 2.30. The molecule has 4 aromatic rings. The maximum absolute atomic E-state index is 12.9. The number of benzene rings is 2. The zero-order chi connectivity index (χ0) is 21.5. The molecule has 0 atom stereocenters. The molecule has 0 spiro atoms. The van der Waals surface area contributed by atoms with Crippen molar-refractivity contribution in [3.63, 3.8) is 0 Å². The van der Waals surface area contributed by atoms with Gasteiger partial charge in [-0.05, 0) is 55.3 Å². The molecule has 0 unspecified atom stereocenters. The maximum Gasteiger partial charge on any atom is 0.322 e. The average molecular weight is 434 g/mol. The molecule has 158 valence electrons. The molecule has 7 nitrogen and oxygen atoms in total. The van der Waals surface area contributed by atoms with Crippen LogP contribution in [0.5, 0.6) is 5.75 Å². The van der Waals surface area contributed by atoms with E-state index in [1.54, 1.807) is 18.4 Å². The van der Waals surface area contributed by atoms with Gasteiger partial charge in [0.1, 0.15) is 5.75 Å². The van der Waals surface area contributed by atoms with Crippen LogP contribution in [0.2, 0.25) is 0 Å². The zero-order valence-electron chi connectivity index (χ0n) is 17.7. The average Bonchev–Trinajstić information content (AvgIpc) is 3.34. The van der Waals surface area contributed by atoms with Crippen LogP contribution >= 0.6 is 11.3 Å². The largest absolute Gasteiger partial charge is 0.497 e. The third kappa shape index (κ3) is 3.53. The molecule has 0 aliphatic carbocycles. The van der Waals surface area contributed by atoms with Crippen LogP contribution < -0.4 is 10.1 Å². The number of carbonyl (C=O) groups is 1. The number of ether oxygens (including phenoxy) is 1. The second-order valence-corrected chi connectivity index (χ2v) is 8.74. The van der Waals surface area contributed by atoms with E-state index >= 15 is 0 Å². The van der Waals surface area contributed by atoms with Gasteiger partial charge < -0.3 is 15.0 Å². The normalized spacial score (nSPS) is 13.3. The van der Waals surface area contributed by atoms with Gasteiger partial charge in [-0.25, -0.2) is 9.31 Å².